The van der Waals surface area contributed by atoms with Gasteiger partial charge in [-0.15, -0.1) is 0 Å². The number of unbranched alkanes of at least 4 members (excludes halogenated alkanes) is 1. The van der Waals surface area contributed by atoms with Crippen LogP contribution in [0.2, 0.25) is 0 Å². The summed E-state index contributed by atoms with van der Waals surface area (Å²) in [5, 5.41) is 2.57. The number of hydrogen-bond donors (Lipinski definition) is 0. The Morgan fingerprint density at radius 3 is 2.31 bits per heavy atom. The third-order valence-corrected chi connectivity index (χ3v) is 11.5. The predicted octanol–water partition coefficient (Wildman–Crippen LogP) is 10.8. The Morgan fingerprint density at radius 2 is 1.63 bits per heavy atom. The third-order valence-electron chi connectivity index (χ3n) is 11.5. The van der Waals surface area contributed by atoms with Gasteiger partial charge in [0.15, 0.2) is 11.7 Å². The van der Waals surface area contributed by atoms with E-state index in [0.29, 0.717) is 6.42 Å². The van der Waals surface area contributed by atoms with Gasteiger partial charge in [0.05, 0.1) is 18.1 Å². The SMILES string of the molecule is CCCCc1ccc2c3c4[n+](ccc13)C(CC)(CC)C(OC(C=C(OC)c1ccccc1)c1ccccc1)Cc1ccc(F)c(c1-4)C2(C)C. The van der Waals surface area contributed by atoms with Crippen LogP contribution in [0.5, 0.6) is 0 Å². The molecule has 0 radical (unpaired) electrons. The lowest BCUT2D eigenvalue weighted by Crippen LogP contribution is -2.63. The van der Waals surface area contributed by atoms with Gasteiger partial charge in [0, 0.05) is 41.9 Å². The van der Waals surface area contributed by atoms with E-state index in [4.69, 9.17) is 9.47 Å². The number of halogens is 1. The molecule has 4 heteroatoms. The van der Waals surface area contributed by atoms with Crippen molar-refractivity contribution in [1.82, 2.24) is 0 Å². The van der Waals surface area contributed by atoms with Gasteiger partial charge >= 0.3 is 0 Å². The number of rotatable bonds is 11. The van der Waals surface area contributed by atoms with Crippen molar-refractivity contribution >= 4 is 16.5 Å². The Labute approximate surface area is 291 Å². The zero-order valence-electron chi connectivity index (χ0n) is 29.9. The molecule has 1 aliphatic carbocycles. The van der Waals surface area contributed by atoms with Gasteiger partial charge in [-0.3, -0.25) is 0 Å². The summed E-state index contributed by atoms with van der Waals surface area (Å²) in [6, 6.07) is 31.3. The monoisotopic (exact) mass is 654 g/mol. The van der Waals surface area contributed by atoms with E-state index in [0.717, 1.165) is 71.4 Å². The summed E-state index contributed by atoms with van der Waals surface area (Å²) in [5.74, 6) is 0.637. The predicted molar refractivity (Wildman–Crippen MR) is 198 cm³/mol. The molecule has 4 aromatic carbocycles. The molecule has 0 N–H and O–H groups in total. The molecule has 5 aromatic rings. The van der Waals surface area contributed by atoms with Crippen molar-refractivity contribution in [1.29, 1.82) is 0 Å². The lowest BCUT2D eigenvalue weighted by Gasteiger charge is -2.37. The molecular formula is C45H49FNO2+. The van der Waals surface area contributed by atoms with E-state index >= 15 is 4.39 Å². The summed E-state index contributed by atoms with van der Waals surface area (Å²) in [7, 11) is 1.72. The zero-order valence-corrected chi connectivity index (χ0v) is 29.9. The van der Waals surface area contributed by atoms with Crippen LogP contribution in [0.3, 0.4) is 0 Å². The van der Waals surface area contributed by atoms with Crippen LogP contribution in [0.1, 0.15) is 99.8 Å². The molecule has 1 aromatic heterocycles. The molecule has 49 heavy (non-hydrogen) atoms. The van der Waals surface area contributed by atoms with E-state index in [9.17, 15) is 0 Å². The first kappa shape index (κ1) is 33.2. The number of nitrogens with zero attached hydrogens (tertiary/aromatic N) is 1. The molecule has 1 aliphatic heterocycles. The molecule has 3 nitrogen and oxygen atoms in total. The van der Waals surface area contributed by atoms with Gasteiger partial charge in [-0.2, -0.15) is 4.57 Å². The topological polar surface area (TPSA) is 22.3 Å². The molecule has 0 bridgehead atoms. The van der Waals surface area contributed by atoms with E-state index in [-0.39, 0.29) is 18.0 Å². The maximum atomic E-state index is 16.3. The van der Waals surface area contributed by atoms with Crippen molar-refractivity contribution in [3.05, 3.63) is 142 Å². The first-order chi connectivity index (χ1) is 23.8. The number of ether oxygens (including phenoxy) is 2. The standard InChI is InChI=1S/C45H49FNO2/c1-7-10-17-30-22-24-35-41-34(30)26-27-47-43(41)40-33(23-25-36(46)42(40)44(35,4)5)28-39(45(47,8-2)9-3)49-38(32-20-15-12-16-21-32)29-37(48-6)31-18-13-11-14-19-31/h11-16,18-27,29,38-39H,7-10,17,28H2,1-6H3/q+1. The molecule has 2 unspecified atom stereocenters. The number of hydrogen-bond acceptors (Lipinski definition) is 2. The van der Waals surface area contributed by atoms with E-state index in [2.05, 4.69) is 106 Å². The van der Waals surface area contributed by atoms with E-state index in [1.54, 1.807) is 13.2 Å². The summed E-state index contributed by atoms with van der Waals surface area (Å²) in [5.41, 5.74) is 7.91. The molecule has 0 saturated heterocycles. The van der Waals surface area contributed by atoms with Crippen LogP contribution < -0.4 is 4.57 Å². The molecule has 0 saturated carbocycles. The molecule has 7 rings (SSSR count). The quantitative estimate of drug-likeness (QED) is 0.104. The summed E-state index contributed by atoms with van der Waals surface area (Å²) < 4.78 is 32.3. The van der Waals surface area contributed by atoms with Gasteiger partial charge in [0.25, 0.3) is 0 Å². The van der Waals surface area contributed by atoms with E-state index in [1.165, 1.54) is 21.9 Å². The second-order valence-electron chi connectivity index (χ2n) is 14.4. The number of benzene rings is 4. The highest BCUT2D eigenvalue weighted by atomic mass is 19.1. The van der Waals surface area contributed by atoms with Gasteiger partial charge in [-0.1, -0.05) is 120 Å². The van der Waals surface area contributed by atoms with Crippen molar-refractivity contribution in [3.8, 4) is 11.3 Å². The average molecular weight is 655 g/mol. The first-order valence-corrected chi connectivity index (χ1v) is 18.1. The maximum absolute atomic E-state index is 16.3. The molecule has 252 valence electrons. The number of methoxy groups -OCH3 is 1. The summed E-state index contributed by atoms with van der Waals surface area (Å²) >= 11 is 0. The van der Waals surface area contributed by atoms with Crippen LogP contribution in [-0.2, 0) is 33.3 Å². The largest absolute Gasteiger partial charge is 0.496 e. The smallest absolute Gasteiger partial charge is 0.221 e. The first-order valence-electron chi connectivity index (χ1n) is 18.1. The molecule has 0 spiro atoms. The van der Waals surface area contributed by atoms with Crippen LogP contribution in [0.25, 0.3) is 27.8 Å². The number of pyridine rings is 1. The highest BCUT2D eigenvalue weighted by molar-refractivity contribution is 6.02. The summed E-state index contributed by atoms with van der Waals surface area (Å²) in [4.78, 5) is 0. The molecule has 2 aliphatic rings. The zero-order chi connectivity index (χ0) is 34.3. The Balaban J connectivity index is 1.49. The molecule has 2 heterocycles. The second-order valence-corrected chi connectivity index (χ2v) is 14.4. The Morgan fingerprint density at radius 1 is 0.918 bits per heavy atom. The molecule has 0 amide bonds. The van der Waals surface area contributed by atoms with Crippen molar-refractivity contribution in [2.24, 2.45) is 0 Å². The maximum Gasteiger partial charge on any atom is 0.221 e. The molecular weight excluding hydrogens is 605 g/mol. The summed E-state index contributed by atoms with van der Waals surface area (Å²) in [6.45, 7) is 11.2. The van der Waals surface area contributed by atoms with E-state index in [1.807, 2.05) is 30.3 Å². The van der Waals surface area contributed by atoms with Crippen LogP contribution in [-0.4, -0.2) is 13.2 Å². The minimum Gasteiger partial charge on any atom is -0.496 e. The molecule has 2 atom stereocenters. The Hall–Kier alpha value is -4.28. The van der Waals surface area contributed by atoms with Crippen molar-refractivity contribution < 1.29 is 18.4 Å². The van der Waals surface area contributed by atoms with Gasteiger partial charge in [-0.05, 0) is 52.6 Å². The average Bonchev–Trinajstić information content (AvgIpc) is 3.24. The van der Waals surface area contributed by atoms with Crippen LogP contribution in [0.4, 0.5) is 4.39 Å². The highest BCUT2D eigenvalue weighted by Gasteiger charge is 2.53. The lowest BCUT2D eigenvalue weighted by molar-refractivity contribution is -0.764. The second kappa shape index (κ2) is 13.2. The fourth-order valence-corrected chi connectivity index (χ4v) is 8.80. The normalized spacial score (nSPS) is 17.9. The lowest BCUT2D eigenvalue weighted by atomic mass is 9.68. The van der Waals surface area contributed by atoms with Gasteiger partial charge in [0.2, 0.25) is 5.69 Å². The van der Waals surface area contributed by atoms with Gasteiger partial charge in [-0.25, -0.2) is 4.39 Å². The Kier molecular flexibility index (Phi) is 8.96. The van der Waals surface area contributed by atoms with E-state index < -0.39 is 11.0 Å². The Bertz CT molecular complexity index is 2010. The van der Waals surface area contributed by atoms with Crippen LogP contribution in [0.15, 0.2) is 103 Å². The minimum absolute atomic E-state index is 0.135. The summed E-state index contributed by atoms with van der Waals surface area (Å²) in [6.07, 6.45) is 9.53. The van der Waals surface area contributed by atoms with Crippen molar-refractivity contribution in [2.75, 3.05) is 7.11 Å². The van der Waals surface area contributed by atoms with Gasteiger partial charge < -0.3 is 9.47 Å². The highest BCUT2D eigenvalue weighted by Crippen LogP contribution is 2.53. The molecule has 0 fully saturated rings. The van der Waals surface area contributed by atoms with Gasteiger partial charge in [0.1, 0.15) is 23.8 Å². The van der Waals surface area contributed by atoms with Crippen molar-refractivity contribution in [3.63, 3.8) is 0 Å². The fourth-order valence-electron chi connectivity index (χ4n) is 8.80. The van der Waals surface area contributed by atoms with Crippen LogP contribution in [0, 0.1) is 5.82 Å². The fraction of sp³-hybridized carbons (Fsp3) is 0.356. The third kappa shape index (κ3) is 5.40. The minimum atomic E-state index is -0.497. The number of aromatic nitrogens is 1. The van der Waals surface area contributed by atoms with Crippen LogP contribution >= 0.6 is 0 Å². The number of aryl methyl sites for hydroxylation is 1. The van der Waals surface area contributed by atoms with Crippen molar-refractivity contribution in [2.45, 2.75) is 96.3 Å².